The van der Waals surface area contributed by atoms with Crippen molar-refractivity contribution in [3.63, 3.8) is 0 Å². The zero-order chi connectivity index (χ0) is 25.9. The lowest BCUT2D eigenvalue weighted by Gasteiger charge is -2.28. The van der Waals surface area contributed by atoms with E-state index in [2.05, 4.69) is 150 Å². The average Bonchev–Trinajstić information content (AvgIpc) is 3.44. The summed E-state index contributed by atoms with van der Waals surface area (Å²) in [6, 6.07) is 43.0. The maximum Gasteiger partial charge on any atom is 0.134 e. The molecule has 0 spiro atoms. The summed E-state index contributed by atoms with van der Waals surface area (Å²) in [5, 5.41) is 1.18. The van der Waals surface area contributed by atoms with Crippen molar-refractivity contribution in [3.8, 4) is 22.3 Å². The van der Waals surface area contributed by atoms with Crippen LogP contribution in [0.4, 0.5) is 17.1 Å². The van der Waals surface area contributed by atoms with Crippen molar-refractivity contribution < 1.29 is 4.42 Å². The molecule has 0 aliphatic heterocycles. The summed E-state index contributed by atoms with van der Waals surface area (Å²) in [4.78, 5) is 2.33. The zero-order valence-electron chi connectivity index (χ0n) is 21.3. The molecule has 1 aromatic heterocycles. The Kier molecular flexibility index (Phi) is 5.31. The maximum atomic E-state index is 6.43. The van der Waals surface area contributed by atoms with Gasteiger partial charge in [0.1, 0.15) is 11.3 Å². The van der Waals surface area contributed by atoms with Crippen LogP contribution < -0.4 is 4.90 Å². The van der Waals surface area contributed by atoms with Gasteiger partial charge in [-0.15, -0.1) is 0 Å². The second-order valence-corrected chi connectivity index (χ2v) is 11.3. The number of benzene rings is 5. The van der Waals surface area contributed by atoms with Crippen LogP contribution in [0.3, 0.4) is 0 Å². The van der Waals surface area contributed by atoms with E-state index < -0.39 is 0 Å². The van der Waals surface area contributed by atoms with E-state index in [4.69, 9.17) is 4.42 Å². The van der Waals surface area contributed by atoms with E-state index in [-0.39, 0.29) is 5.41 Å². The molecule has 2 nitrogen and oxygen atoms in total. The first-order valence-electron chi connectivity index (χ1n) is 12.9. The molecular weight excluding hydrogens is 530 g/mol. The summed E-state index contributed by atoms with van der Waals surface area (Å²) in [7, 11) is 0. The summed E-state index contributed by atoms with van der Waals surface area (Å²) in [5.41, 5.74) is 10.3. The zero-order valence-corrected chi connectivity index (χ0v) is 22.9. The molecule has 0 saturated carbocycles. The normalized spacial score (nSPS) is 13.3. The van der Waals surface area contributed by atoms with Crippen molar-refractivity contribution in [1.29, 1.82) is 0 Å². The van der Waals surface area contributed by atoms with Crippen LogP contribution >= 0.6 is 15.9 Å². The summed E-state index contributed by atoms with van der Waals surface area (Å²) in [6.07, 6.45) is 0. The largest absolute Gasteiger partial charge is 0.459 e. The van der Waals surface area contributed by atoms with Crippen molar-refractivity contribution in [3.05, 3.63) is 137 Å². The molecule has 5 aromatic carbocycles. The number of furan rings is 1. The highest BCUT2D eigenvalue weighted by molar-refractivity contribution is 9.10. The lowest BCUT2D eigenvalue weighted by molar-refractivity contribution is 0.465. The van der Waals surface area contributed by atoms with Gasteiger partial charge >= 0.3 is 0 Å². The number of fused-ring (bicyclic) bond motifs is 5. The molecule has 184 valence electrons. The summed E-state index contributed by atoms with van der Waals surface area (Å²) < 4.78 is 7.49. The summed E-state index contributed by atoms with van der Waals surface area (Å²) in [5.74, 6) is 1.05. The topological polar surface area (TPSA) is 16.4 Å². The Morgan fingerprint density at radius 1 is 0.632 bits per heavy atom. The smallest absolute Gasteiger partial charge is 0.134 e. The number of halogens is 1. The predicted octanol–water partition coefficient (Wildman–Crippen LogP) is 10.6. The molecular formula is C35H26BrNO. The van der Waals surface area contributed by atoms with E-state index >= 15 is 0 Å². The van der Waals surface area contributed by atoms with Crippen LogP contribution in [-0.2, 0) is 5.41 Å². The first kappa shape index (κ1) is 23.1. The highest BCUT2D eigenvalue weighted by Crippen LogP contribution is 2.54. The molecule has 0 atom stereocenters. The molecule has 0 fully saturated rings. The van der Waals surface area contributed by atoms with Crippen molar-refractivity contribution in [2.75, 3.05) is 4.90 Å². The van der Waals surface area contributed by atoms with E-state index in [0.717, 1.165) is 32.9 Å². The lowest BCUT2D eigenvalue weighted by Crippen LogP contribution is -2.16. The van der Waals surface area contributed by atoms with Crippen LogP contribution in [0, 0.1) is 0 Å². The SMILES string of the molecule is CC1(C)c2cc(N(c3ccc(Br)cc3)c3ccc(-c4ccccc4)cc3)ccc2-c2c1oc1ccccc21. The van der Waals surface area contributed by atoms with Gasteiger partial charge in [0.25, 0.3) is 0 Å². The van der Waals surface area contributed by atoms with E-state index in [1.54, 1.807) is 0 Å². The van der Waals surface area contributed by atoms with Crippen molar-refractivity contribution in [1.82, 2.24) is 0 Å². The molecule has 6 aromatic rings. The number of nitrogens with zero attached hydrogens (tertiary/aromatic N) is 1. The monoisotopic (exact) mass is 555 g/mol. The molecule has 0 unspecified atom stereocenters. The predicted molar refractivity (Wildman–Crippen MR) is 162 cm³/mol. The minimum absolute atomic E-state index is 0.234. The van der Waals surface area contributed by atoms with Gasteiger partial charge in [-0.2, -0.15) is 0 Å². The molecule has 3 heteroatoms. The van der Waals surface area contributed by atoms with E-state index in [1.807, 2.05) is 6.07 Å². The molecule has 7 rings (SSSR count). The van der Waals surface area contributed by atoms with Gasteiger partial charge in [-0.25, -0.2) is 0 Å². The first-order valence-corrected chi connectivity index (χ1v) is 13.7. The van der Waals surface area contributed by atoms with E-state index in [9.17, 15) is 0 Å². The molecule has 0 saturated heterocycles. The third-order valence-electron chi connectivity index (χ3n) is 7.68. The minimum atomic E-state index is -0.234. The van der Waals surface area contributed by atoms with Crippen molar-refractivity contribution in [2.45, 2.75) is 19.3 Å². The average molecular weight is 557 g/mol. The Hall–Kier alpha value is -4.08. The van der Waals surface area contributed by atoms with Gasteiger partial charge in [0.15, 0.2) is 0 Å². The Morgan fingerprint density at radius 2 is 1.24 bits per heavy atom. The Morgan fingerprint density at radius 3 is 1.97 bits per heavy atom. The number of para-hydroxylation sites is 1. The van der Waals surface area contributed by atoms with Crippen LogP contribution in [0.2, 0.25) is 0 Å². The van der Waals surface area contributed by atoms with Crippen LogP contribution in [-0.4, -0.2) is 0 Å². The number of hydrogen-bond donors (Lipinski definition) is 0. The minimum Gasteiger partial charge on any atom is -0.459 e. The Labute approximate surface area is 231 Å². The number of hydrogen-bond acceptors (Lipinski definition) is 2. The highest BCUT2D eigenvalue weighted by Gasteiger charge is 2.40. The second kappa shape index (κ2) is 8.75. The Balaban J connectivity index is 1.37. The fourth-order valence-corrected chi connectivity index (χ4v) is 6.02. The van der Waals surface area contributed by atoms with Gasteiger partial charge in [-0.1, -0.05) is 82.7 Å². The van der Waals surface area contributed by atoms with Crippen molar-refractivity contribution in [2.24, 2.45) is 0 Å². The van der Waals surface area contributed by atoms with E-state index in [0.29, 0.717) is 0 Å². The fraction of sp³-hybridized carbons (Fsp3) is 0.0857. The molecule has 38 heavy (non-hydrogen) atoms. The lowest BCUT2D eigenvalue weighted by atomic mass is 9.85. The summed E-state index contributed by atoms with van der Waals surface area (Å²) in [6.45, 7) is 4.53. The first-order chi connectivity index (χ1) is 18.5. The standard InChI is InChI=1S/C35H26BrNO/c1-35(2)31-22-28(20-21-29(31)33-30-10-6-7-11-32(30)38-34(33)35)37(27-18-14-25(36)15-19-27)26-16-12-24(13-17-26)23-8-4-3-5-9-23/h3-22H,1-2H3. The molecule has 1 aliphatic rings. The highest BCUT2D eigenvalue weighted by atomic mass is 79.9. The third kappa shape index (κ3) is 3.61. The van der Waals surface area contributed by atoms with Crippen molar-refractivity contribution >= 4 is 44.0 Å². The van der Waals surface area contributed by atoms with E-state index in [1.165, 1.54) is 33.2 Å². The molecule has 0 amide bonds. The van der Waals surface area contributed by atoms with Gasteiger partial charge in [0.05, 0.1) is 0 Å². The van der Waals surface area contributed by atoms with Crippen LogP contribution in [0.25, 0.3) is 33.2 Å². The van der Waals surface area contributed by atoms with Gasteiger partial charge in [-0.05, 0) is 90.7 Å². The second-order valence-electron chi connectivity index (χ2n) is 10.4. The molecule has 1 aliphatic carbocycles. The molecule has 0 bridgehead atoms. The van der Waals surface area contributed by atoms with Crippen LogP contribution in [0.5, 0.6) is 0 Å². The van der Waals surface area contributed by atoms with Gasteiger partial charge < -0.3 is 9.32 Å². The third-order valence-corrected chi connectivity index (χ3v) is 8.21. The summed E-state index contributed by atoms with van der Waals surface area (Å²) >= 11 is 3.60. The maximum absolute atomic E-state index is 6.43. The fourth-order valence-electron chi connectivity index (χ4n) is 5.75. The number of rotatable bonds is 4. The molecule has 0 N–H and O–H groups in total. The van der Waals surface area contributed by atoms with Crippen LogP contribution in [0.15, 0.2) is 130 Å². The van der Waals surface area contributed by atoms with Gasteiger partial charge in [0.2, 0.25) is 0 Å². The van der Waals surface area contributed by atoms with Gasteiger partial charge in [0, 0.05) is 37.9 Å². The molecule has 0 radical (unpaired) electrons. The van der Waals surface area contributed by atoms with Crippen LogP contribution in [0.1, 0.15) is 25.2 Å². The quantitative estimate of drug-likeness (QED) is 0.215. The number of anilines is 3. The Bertz CT molecular complexity index is 1780. The van der Waals surface area contributed by atoms with Gasteiger partial charge in [-0.3, -0.25) is 0 Å². The molecule has 1 heterocycles.